The minimum absolute atomic E-state index is 0.0323. The fraction of sp³-hybridized carbons (Fsp3) is 0.609. The number of fused-ring (bicyclic) bond motifs is 4. The molecular weight excluding hydrogens is 366 g/mol. The van der Waals surface area contributed by atoms with Crippen molar-refractivity contribution in [1.82, 2.24) is 15.6 Å². The number of aromatic nitrogens is 1. The number of H-pyrrole nitrogens is 1. The number of aromatic amines is 1. The molecule has 6 heteroatoms. The maximum absolute atomic E-state index is 13.7. The van der Waals surface area contributed by atoms with Gasteiger partial charge in [-0.15, -0.1) is 0 Å². The van der Waals surface area contributed by atoms with Gasteiger partial charge in [0.1, 0.15) is 11.3 Å². The van der Waals surface area contributed by atoms with Crippen molar-refractivity contribution in [2.75, 3.05) is 40.5 Å². The molecule has 1 aliphatic carbocycles. The number of ketones is 1. The Morgan fingerprint density at radius 3 is 2.66 bits per heavy atom. The molecule has 2 aliphatic heterocycles. The first-order valence-corrected chi connectivity index (χ1v) is 10.8. The molecule has 1 aromatic heterocycles. The van der Waals surface area contributed by atoms with Crippen molar-refractivity contribution in [2.24, 2.45) is 5.92 Å². The van der Waals surface area contributed by atoms with Crippen LogP contribution in [0.25, 0.3) is 10.9 Å². The Balaban J connectivity index is 1.74. The number of hydrogen-bond acceptors (Lipinski definition) is 5. The molecule has 0 radical (unpaired) electrons. The number of ether oxygens (including phenoxy) is 2. The van der Waals surface area contributed by atoms with Gasteiger partial charge in [0.2, 0.25) is 0 Å². The average Bonchev–Trinajstić information content (AvgIpc) is 3.10. The molecule has 156 valence electrons. The number of methoxy groups -OCH3 is 2. The number of Topliss-reactive ketones (excluding diaryl/α,β-unsaturated/α-hetero) is 1. The fourth-order valence-electron chi connectivity index (χ4n) is 5.64. The third-order valence-corrected chi connectivity index (χ3v) is 7.51. The summed E-state index contributed by atoms with van der Waals surface area (Å²) >= 11 is 0. The SMILES string of the molecule is COCC1(C(=O)C2CCC2)NCC2(CCNCC2)c2c1[nH]c1cc(OC)ccc21. The van der Waals surface area contributed by atoms with Crippen LogP contribution in [0.15, 0.2) is 18.2 Å². The van der Waals surface area contributed by atoms with Gasteiger partial charge in [0, 0.05) is 42.0 Å². The Morgan fingerprint density at radius 1 is 1.21 bits per heavy atom. The molecule has 6 nitrogen and oxygen atoms in total. The predicted molar refractivity (Wildman–Crippen MR) is 113 cm³/mol. The lowest BCUT2D eigenvalue weighted by atomic mass is 9.64. The summed E-state index contributed by atoms with van der Waals surface area (Å²) in [4.78, 5) is 17.4. The molecular formula is C23H31N3O3. The van der Waals surface area contributed by atoms with Crippen molar-refractivity contribution in [1.29, 1.82) is 0 Å². The van der Waals surface area contributed by atoms with Gasteiger partial charge in [-0.25, -0.2) is 0 Å². The first-order valence-electron chi connectivity index (χ1n) is 10.8. The number of piperidine rings is 1. The van der Waals surface area contributed by atoms with E-state index >= 15 is 0 Å². The largest absolute Gasteiger partial charge is 0.497 e. The maximum atomic E-state index is 13.7. The summed E-state index contributed by atoms with van der Waals surface area (Å²) in [6.07, 6.45) is 5.25. The van der Waals surface area contributed by atoms with Crippen molar-refractivity contribution >= 4 is 16.7 Å². The Kier molecular flexibility index (Phi) is 4.68. The Labute approximate surface area is 171 Å². The van der Waals surface area contributed by atoms with Crippen LogP contribution < -0.4 is 15.4 Å². The topological polar surface area (TPSA) is 75.4 Å². The van der Waals surface area contributed by atoms with Gasteiger partial charge in [-0.2, -0.15) is 0 Å². The van der Waals surface area contributed by atoms with Crippen LogP contribution in [-0.2, 0) is 20.5 Å². The van der Waals surface area contributed by atoms with Gasteiger partial charge in [0.25, 0.3) is 0 Å². The number of nitrogens with one attached hydrogen (secondary N) is 3. The standard InChI is InChI=1S/C23H31N3O3/c1-28-14-23(21(27)15-4-3-5-15)20-19(22(13-25-23)8-10-24-11-9-22)17-7-6-16(29-2)12-18(17)26-20/h6-7,12,15,24-26H,3-5,8-11,13-14H2,1-2H3. The quantitative estimate of drug-likeness (QED) is 0.723. The van der Waals surface area contributed by atoms with Crippen LogP contribution in [0.2, 0.25) is 0 Å². The number of hydrogen-bond donors (Lipinski definition) is 3. The number of carbonyl (C=O) groups is 1. The second-order valence-electron chi connectivity index (χ2n) is 9.00. The molecule has 1 spiro atoms. The molecule has 1 aromatic carbocycles. The van der Waals surface area contributed by atoms with Crippen LogP contribution in [0, 0.1) is 5.92 Å². The van der Waals surface area contributed by atoms with E-state index in [1.54, 1.807) is 14.2 Å². The van der Waals surface area contributed by atoms with Gasteiger partial charge in [-0.1, -0.05) is 6.42 Å². The Hall–Kier alpha value is -1.89. The van der Waals surface area contributed by atoms with Gasteiger partial charge in [-0.3, -0.25) is 10.1 Å². The lowest BCUT2D eigenvalue weighted by Crippen LogP contribution is -2.64. The molecule has 1 saturated heterocycles. The number of carbonyl (C=O) groups excluding carboxylic acids is 1. The Bertz CT molecular complexity index is 927. The van der Waals surface area contributed by atoms with E-state index in [0.29, 0.717) is 6.61 Å². The van der Waals surface area contributed by atoms with Crippen molar-refractivity contribution in [3.63, 3.8) is 0 Å². The lowest BCUT2D eigenvalue weighted by Gasteiger charge is -2.49. The summed E-state index contributed by atoms with van der Waals surface area (Å²) in [5.74, 6) is 1.24. The zero-order valence-corrected chi connectivity index (χ0v) is 17.4. The highest BCUT2D eigenvalue weighted by molar-refractivity contribution is 5.97. The normalized spacial score (nSPS) is 26.3. The van der Waals surface area contributed by atoms with Crippen LogP contribution in [-0.4, -0.2) is 51.2 Å². The van der Waals surface area contributed by atoms with Crippen LogP contribution in [0.3, 0.4) is 0 Å². The zero-order valence-electron chi connectivity index (χ0n) is 17.4. The van der Waals surface area contributed by atoms with E-state index in [1.807, 2.05) is 12.1 Å². The van der Waals surface area contributed by atoms with E-state index in [9.17, 15) is 4.79 Å². The summed E-state index contributed by atoms with van der Waals surface area (Å²) in [7, 11) is 3.38. The first-order chi connectivity index (χ1) is 14.1. The molecule has 0 bridgehead atoms. The van der Waals surface area contributed by atoms with E-state index in [2.05, 4.69) is 21.7 Å². The van der Waals surface area contributed by atoms with E-state index in [4.69, 9.17) is 9.47 Å². The molecule has 3 aliphatic rings. The summed E-state index contributed by atoms with van der Waals surface area (Å²) in [5, 5.41) is 8.44. The highest BCUT2D eigenvalue weighted by Crippen LogP contribution is 2.49. The van der Waals surface area contributed by atoms with Crippen molar-refractivity contribution in [3.05, 3.63) is 29.5 Å². The van der Waals surface area contributed by atoms with E-state index in [1.165, 1.54) is 10.9 Å². The first kappa shape index (κ1) is 19.1. The second kappa shape index (κ2) is 7.11. The van der Waals surface area contributed by atoms with Crippen molar-refractivity contribution < 1.29 is 14.3 Å². The lowest BCUT2D eigenvalue weighted by molar-refractivity contribution is -0.136. The molecule has 0 amide bonds. The molecule has 3 N–H and O–H groups in total. The third kappa shape index (κ3) is 2.76. The second-order valence-corrected chi connectivity index (χ2v) is 9.00. The van der Waals surface area contributed by atoms with E-state index in [0.717, 1.165) is 68.7 Å². The molecule has 2 aromatic rings. The molecule has 1 unspecified atom stereocenters. The van der Waals surface area contributed by atoms with Gasteiger partial charge in [-0.05, 0) is 56.5 Å². The van der Waals surface area contributed by atoms with Gasteiger partial charge in [0.05, 0.1) is 19.4 Å². The van der Waals surface area contributed by atoms with Crippen LogP contribution in [0.1, 0.15) is 43.4 Å². The van der Waals surface area contributed by atoms with Crippen molar-refractivity contribution in [3.8, 4) is 5.75 Å². The highest BCUT2D eigenvalue weighted by atomic mass is 16.5. The third-order valence-electron chi connectivity index (χ3n) is 7.51. The van der Waals surface area contributed by atoms with Crippen LogP contribution in [0.4, 0.5) is 0 Å². The Morgan fingerprint density at radius 2 is 2.00 bits per heavy atom. The van der Waals surface area contributed by atoms with Gasteiger partial charge < -0.3 is 19.8 Å². The van der Waals surface area contributed by atoms with Crippen LogP contribution in [0.5, 0.6) is 5.75 Å². The summed E-state index contributed by atoms with van der Waals surface area (Å²) in [5.41, 5.74) is 2.62. The number of rotatable bonds is 5. The van der Waals surface area contributed by atoms with E-state index < -0.39 is 5.54 Å². The zero-order chi connectivity index (χ0) is 20.1. The monoisotopic (exact) mass is 397 g/mol. The maximum Gasteiger partial charge on any atom is 0.164 e. The predicted octanol–water partition coefficient (Wildman–Crippen LogP) is 2.61. The summed E-state index contributed by atoms with van der Waals surface area (Å²) in [6.45, 7) is 3.16. The average molecular weight is 398 g/mol. The summed E-state index contributed by atoms with van der Waals surface area (Å²) < 4.78 is 11.1. The molecule has 5 rings (SSSR count). The van der Waals surface area contributed by atoms with Gasteiger partial charge in [0.15, 0.2) is 5.78 Å². The van der Waals surface area contributed by atoms with Gasteiger partial charge >= 0.3 is 0 Å². The highest BCUT2D eigenvalue weighted by Gasteiger charge is 2.54. The fourth-order valence-corrected chi connectivity index (χ4v) is 5.64. The number of benzene rings is 1. The summed E-state index contributed by atoms with van der Waals surface area (Å²) in [6, 6.07) is 6.23. The molecule has 3 heterocycles. The van der Waals surface area contributed by atoms with Crippen LogP contribution >= 0.6 is 0 Å². The smallest absolute Gasteiger partial charge is 0.164 e. The molecule has 2 fully saturated rings. The molecule has 1 atom stereocenters. The van der Waals surface area contributed by atoms with E-state index in [-0.39, 0.29) is 17.1 Å². The molecule has 1 saturated carbocycles. The minimum atomic E-state index is -0.794. The molecule has 29 heavy (non-hydrogen) atoms. The minimum Gasteiger partial charge on any atom is -0.497 e. The van der Waals surface area contributed by atoms with Crippen molar-refractivity contribution in [2.45, 2.75) is 43.1 Å².